The van der Waals surface area contributed by atoms with Crippen molar-refractivity contribution >= 4 is 0 Å². The number of ether oxygens (including phenoxy) is 1. The molecule has 0 saturated carbocycles. The average molecular weight is 258 g/mol. The summed E-state index contributed by atoms with van der Waals surface area (Å²) in [5.41, 5.74) is 0. The number of nitrogens with one attached hydrogen (secondary N) is 1. The third kappa shape index (κ3) is 5.22. The van der Waals surface area contributed by atoms with Crippen LogP contribution in [0.25, 0.3) is 0 Å². The van der Waals surface area contributed by atoms with E-state index in [0.717, 1.165) is 32.5 Å². The number of hydrogen-bond acceptors (Lipinski definition) is 4. The molecule has 108 valence electrons. The Kier molecular flexibility index (Phi) is 7.15. The summed E-state index contributed by atoms with van der Waals surface area (Å²) < 4.78 is 5.70. The van der Waals surface area contributed by atoms with Crippen molar-refractivity contribution < 1.29 is 9.84 Å². The van der Waals surface area contributed by atoms with Gasteiger partial charge in [0.25, 0.3) is 0 Å². The first-order chi connectivity index (χ1) is 8.56. The topological polar surface area (TPSA) is 44.7 Å². The van der Waals surface area contributed by atoms with Crippen molar-refractivity contribution in [2.75, 3.05) is 26.3 Å². The fourth-order valence-corrected chi connectivity index (χ4v) is 2.58. The zero-order valence-electron chi connectivity index (χ0n) is 12.4. The molecule has 2 N–H and O–H groups in total. The standard InChI is InChI=1S/C14H30N2O2/c1-5-14-10-18-12(4)8-16(14)7-6-13(9-17)15-11(2)3/h11-15,17H,5-10H2,1-4H3. The number of aliphatic hydroxyl groups excluding tert-OH is 1. The van der Waals surface area contributed by atoms with Gasteiger partial charge < -0.3 is 15.2 Å². The molecule has 0 radical (unpaired) electrons. The first kappa shape index (κ1) is 15.9. The van der Waals surface area contributed by atoms with Gasteiger partial charge in [0.2, 0.25) is 0 Å². The van der Waals surface area contributed by atoms with Crippen molar-refractivity contribution in [2.45, 2.75) is 64.8 Å². The highest BCUT2D eigenvalue weighted by Gasteiger charge is 2.25. The van der Waals surface area contributed by atoms with Crippen LogP contribution in [0.4, 0.5) is 0 Å². The molecule has 3 unspecified atom stereocenters. The molecule has 1 aliphatic heterocycles. The Balaban J connectivity index is 2.38. The molecule has 0 aromatic rings. The van der Waals surface area contributed by atoms with Crippen molar-refractivity contribution in [3.8, 4) is 0 Å². The maximum atomic E-state index is 9.37. The van der Waals surface area contributed by atoms with E-state index in [4.69, 9.17) is 4.74 Å². The van der Waals surface area contributed by atoms with Crippen LogP contribution in [0.5, 0.6) is 0 Å². The van der Waals surface area contributed by atoms with Gasteiger partial charge in [0.05, 0.1) is 19.3 Å². The average Bonchev–Trinajstić information content (AvgIpc) is 2.34. The van der Waals surface area contributed by atoms with Crippen molar-refractivity contribution in [3.63, 3.8) is 0 Å². The SMILES string of the molecule is CCC1COC(C)CN1CCC(CO)NC(C)C. The largest absolute Gasteiger partial charge is 0.395 e. The summed E-state index contributed by atoms with van der Waals surface area (Å²) in [7, 11) is 0. The van der Waals surface area contributed by atoms with Gasteiger partial charge in [-0.05, 0) is 19.8 Å². The highest BCUT2D eigenvalue weighted by Crippen LogP contribution is 2.15. The summed E-state index contributed by atoms with van der Waals surface area (Å²) in [4.78, 5) is 2.51. The molecular formula is C14H30N2O2. The molecule has 0 amide bonds. The Labute approximate surface area is 112 Å². The Bertz CT molecular complexity index is 224. The molecule has 0 aromatic heterocycles. The third-order valence-corrected chi connectivity index (χ3v) is 3.61. The first-order valence-electron chi connectivity index (χ1n) is 7.29. The molecular weight excluding hydrogens is 228 g/mol. The lowest BCUT2D eigenvalue weighted by Crippen LogP contribution is -2.50. The fourth-order valence-electron chi connectivity index (χ4n) is 2.58. The molecule has 0 bridgehead atoms. The van der Waals surface area contributed by atoms with Crippen LogP contribution in [0.2, 0.25) is 0 Å². The second-order valence-electron chi connectivity index (χ2n) is 5.69. The molecule has 3 atom stereocenters. The maximum absolute atomic E-state index is 9.37. The van der Waals surface area contributed by atoms with E-state index in [9.17, 15) is 5.11 Å². The van der Waals surface area contributed by atoms with E-state index in [1.807, 2.05) is 0 Å². The van der Waals surface area contributed by atoms with Crippen molar-refractivity contribution in [2.24, 2.45) is 0 Å². The summed E-state index contributed by atoms with van der Waals surface area (Å²) >= 11 is 0. The molecule has 1 heterocycles. The molecule has 0 aromatic carbocycles. The Morgan fingerprint density at radius 2 is 2.17 bits per heavy atom. The minimum absolute atomic E-state index is 0.209. The maximum Gasteiger partial charge on any atom is 0.0674 e. The smallest absolute Gasteiger partial charge is 0.0674 e. The normalized spacial score (nSPS) is 27.7. The fraction of sp³-hybridized carbons (Fsp3) is 1.00. The van der Waals surface area contributed by atoms with Gasteiger partial charge in [-0.2, -0.15) is 0 Å². The molecule has 1 saturated heterocycles. The Morgan fingerprint density at radius 1 is 1.44 bits per heavy atom. The van der Waals surface area contributed by atoms with Crippen LogP contribution in [0.15, 0.2) is 0 Å². The highest BCUT2D eigenvalue weighted by atomic mass is 16.5. The minimum atomic E-state index is 0.209. The van der Waals surface area contributed by atoms with Crippen LogP contribution in [-0.4, -0.2) is 60.5 Å². The van der Waals surface area contributed by atoms with Crippen LogP contribution in [0, 0.1) is 0 Å². The van der Waals surface area contributed by atoms with Gasteiger partial charge in [-0.25, -0.2) is 0 Å². The minimum Gasteiger partial charge on any atom is -0.395 e. The number of nitrogens with zero attached hydrogens (tertiary/aromatic N) is 1. The van der Waals surface area contributed by atoms with Gasteiger partial charge in [0, 0.05) is 31.2 Å². The van der Waals surface area contributed by atoms with Gasteiger partial charge in [-0.1, -0.05) is 20.8 Å². The predicted molar refractivity (Wildman–Crippen MR) is 74.8 cm³/mol. The summed E-state index contributed by atoms with van der Waals surface area (Å²) in [6, 6.07) is 1.17. The molecule has 4 nitrogen and oxygen atoms in total. The number of rotatable bonds is 7. The first-order valence-corrected chi connectivity index (χ1v) is 7.29. The highest BCUT2D eigenvalue weighted by molar-refractivity contribution is 4.79. The lowest BCUT2D eigenvalue weighted by atomic mass is 10.1. The van der Waals surface area contributed by atoms with E-state index in [1.54, 1.807) is 0 Å². The molecule has 1 aliphatic rings. The van der Waals surface area contributed by atoms with Crippen LogP contribution in [0.1, 0.15) is 40.5 Å². The number of hydrogen-bond donors (Lipinski definition) is 2. The summed E-state index contributed by atoms with van der Waals surface area (Å²) in [5.74, 6) is 0. The summed E-state index contributed by atoms with van der Waals surface area (Å²) in [6.07, 6.45) is 2.46. The molecule has 0 aliphatic carbocycles. The van der Waals surface area contributed by atoms with Crippen LogP contribution in [-0.2, 0) is 4.74 Å². The second-order valence-corrected chi connectivity index (χ2v) is 5.69. The van der Waals surface area contributed by atoms with E-state index in [0.29, 0.717) is 18.2 Å². The van der Waals surface area contributed by atoms with Gasteiger partial charge in [0.1, 0.15) is 0 Å². The zero-order valence-corrected chi connectivity index (χ0v) is 12.4. The Morgan fingerprint density at radius 3 is 2.72 bits per heavy atom. The van der Waals surface area contributed by atoms with Crippen LogP contribution < -0.4 is 5.32 Å². The van der Waals surface area contributed by atoms with E-state index >= 15 is 0 Å². The summed E-state index contributed by atoms with van der Waals surface area (Å²) in [5, 5.41) is 12.8. The van der Waals surface area contributed by atoms with Crippen LogP contribution >= 0.6 is 0 Å². The number of morpholine rings is 1. The van der Waals surface area contributed by atoms with E-state index < -0.39 is 0 Å². The lowest BCUT2D eigenvalue weighted by Gasteiger charge is -2.39. The van der Waals surface area contributed by atoms with Crippen molar-refractivity contribution in [1.82, 2.24) is 10.2 Å². The van der Waals surface area contributed by atoms with Gasteiger partial charge in [-0.3, -0.25) is 4.90 Å². The van der Waals surface area contributed by atoms with E-state index in [2.05, 4.69) is 37.9 Å². The second kappa shape index (κ2) is 8.10. The van der Waals surface area contributed by atoms with Gasteiger partial charge in [0.15, 0.2) is 0 Å². The van der Waals surface area contributed by atoms with Gasteiger partial charge in [-0.15, -0.1) is 0 Å². The van der Waals surface area contributed by atoms with E-state index in [-0.39, 0.29) is 12.6 Å². The quantitative estimate of drug-likeness (QED) is 0.721. The lowest BCUT2D eigenvalue weighted by molar-refractivity contribution is -0.0571. The molecule has 0 spiro atoms. The molecule has 18 heavy (non-hydrogen) atoms. The predicted octanol–water partition coefficient (Wildman–Crippen LogP) is 1.23. The molecule has 1 rings (SSSR count). The van der Waals surface area contributed by atoms with E-state index in [1.165, 1.54) is 0 Å². The Hall–Kier alpha value is -0.160. The van der Waals surface area contributed by atoms with Crippen molar-refractivity contribution in [3.05, 3.63) is 0 Å². The summed E-state index contributed by atoms with van der Waals surface area (Å²) in [6.45, 7) is 11.7. The molecule has 1 fully saturated rings. The number of aliphatic hydroxyl groups is 1. The third-order valence-electron chi connectivity index (χ3n) is 3.61. The van der Waals surface area contributed by atoms with Crippen LogP contribution in [0.3, 0.4) is 0 Å². The molecule has 4 heteroatoms. The monoisotopic (exact) mass is 258 g/mol. The van der Waals surface area contributed by atoms with Gasteiger partial charge >= 0.3 is 0 Å². The zero-order chi connectivity index (χ0) is 13.5. The van der Waals surface area contributed by atoms with Crippen molar-refractivity contribution in [1.29, 1.82) is 0 Å².